The first-order valence-corrected chi connectivity index (χ1v) is 5.16. The van der Waals surface area contributed by atoms with Crippen molar-refractivity contribution in [3.8, 4) is 0 Å². The Morgan fingerprint density at radius 3 is 3.08 bits per heavy atom. The van der Waals surface area contributed by atoms with Crippen LogP contribution in [-0.2, 0) is 6.42 Å². The second-order valence-corrected chi connectivity index (χ2v) is 3.23. The summed E-state index contributed by atoms with van der Waals surface area (Å²) in [5, 5.41) is 7.38. The minimum atomic E-state index is -0.113. The molecule has 0 aliphatic rings. The third-order valence-electron chi connectivity index (χ3n) is 1.49. The Balaban J connectivity index is 2.11. The van der Waals surface area contributed by atoms with Gasteiger partial charge < -0.3 is 10.6 Å². The van der Waals surface area contributed by atoms with Gasteiger partial charge in [-0.1, -0.05) is 0 Å². The Bertz CT molecular complexity index is 248. The predicted molar refractivity (Wildman–Crippen MR) is 52.9 cm³/mol. The largest absolute Gasteiger partial charge is 0.338 e. The molecule has 0 saturated carbocycles. The molecule has 0 radical (unpaired) electrons. The number of hydrogen-bond acceptors (Lipinski definition) is 3. The smallest absolute Gasteiger partial charge is 0.314 e. The van der Waals surface area contributed by atoms with E-state index in [0.717, 1.165) is 12.1 Å². The molecule has 0 aliphatic heterocycles. The Morgan fingerprint density at radius 2 is 2.46 bits per heavy atom. The van der Waals surface area contributed by atoms with Crippen LogP contribution in [0.25, 0.3) is 0 Å². The van der Waals surface area contributed by atoms with Crippen molar-refractivity contribution in [1.29, 1.82) is 0 Å². The number of carbonyl (C=O) groups excluding carboxylic acids is 1. The standard InChI is InChI=1S/C8H13N3OS/c1-2-9-8(12)10-4-3-7-5-13-6-11-7/h5-6H,2-4H2,1H3,(H2,9,10,12). The van der Waals surface area contributed by atoms with Gasteiger partial charge in [-0.3, -0.25) is 0 Å². The van der Waals surface area contributed by atoms with E-state index in [1.165, 1.54) is 0 Å². The van der Waals surface area contributed by atoms with E-state index in [9.17, 15) is 4.79 Å². The van der Waals surface area contributed by atoms with Crippen LogP contribution in [0.1, 0.15) is 12.6 Å². The van der Waals surface area contributed by atoms with Gasteiger partial charge in [0.2, 0.25) is 0 Å². The molecule has 1 rings (SSSR count). The second-order valence-electron chi connectivity index (χ2n) is 2.52. The molecule has 0 fully saturated rings. The Morgan fingerprint density at radius 1 is 1.62 bits per heavy atom. The molecule has 13 heavy (non-hydrogen) atoms. The highest BCUT2D eigenvalue weighted by molar-refractivity contribution is 7.07. The maximum atomic E-state index is 10.9. The summed E-state index contributed by atoms with van der Waals surface area (Å²) in [6.07, 6.45) is 0.792. The molecular formula is C8H13N3OS. The molecule has 0 unspecified atom stereocenters. The zero-order valence-corrected chi connectivity index (χ0v) is 8.36. The van der Waals surface area contributed by atoms with Crippen LogP contribution in [0.5, 0.6) is 0 Å². The van der Waals surface area contributed by atoms with Gasteiger partial charge in [0.1, 0.15) is 0 Å². The highest BCUT2D eigenvalue weighted by Crippen LogP contribution is 2.00. The number of nitrogens with zero attached hydrogens (tertiary/aromatic N) is 1. The highest BCUT2D eigenvalue weighted by atomic mass is 32.1. The first-order valence-electron chi connectivity index (χ1n) is 4.21. The Labute approximate surface area is 81.4 Å². The van der Waals surface area contributed by atoms with Gasteiger partial charge in [0.25, 0.3) is 0 Å². The van der Waals surface area contributed by atoms with Crippen LogP contribution in [0.15, 0.2) is 10.9 Å². The van der Waals surface area contributed by atoms with Gasteiger partial charge in [-0.25, -0.2) is 9.78 Å². The summed E-state index contributed by atoms with van der Waals surface area (Å²) in [6, 6.07) is -0.113. The SMILES string of the molecule is CCNC(=O)NCCc1cscn1. The minimum absolute atomic E-state index is 0.113. The van der Waals surface area contributed by atoms with Crippen molar-refractivity contribution >= 4 is 17.4 Å². The van der Waals surface area contributed by atoms with E-state index >= 15 is 0 Å². The number of amides is 2. The third kappa shape index (κ3) is 3.89. The monoisotopic (exact) mass is 199 g/mol. The maximum Gasteiger partial charge on any atom is 0.314 e. The van der Waals surface area contributed by atoms with E-state index in [1.807, 2.05) is 12.3 Å². The number of carbonyl (C=O) groups is 1. The van der Waals surface area contributed by atoms with Crippen LogP contribution in [0.4, 0.5) is 4.79 Å². The first-order chi connectivity index (χ1) is 6.33. The molecule has 2 amide bonds. The van der Waals surface area contributed by atoms with Crippen LogP contribution < -0.4 is 10.6 Å². The average Bonchev–Trinajstić information content (AvgIpc) is 2.57. The molecule has 4 nitrogen and oxygen atoms in total. The molecule has 0 atom stereocenters. The Hall–Kier alpha value is -1.10. The van der Waals surface area contributed by atoms with Gasteiger partial charge in [-0.2, -0.15) is 0 Å². The van der Waals surface area contributed by atoms with Crippen LogP contribution >= 0.6 is 11.3 Å². The zero-order chi connectivity index (χ0) is 9.52. The molecular weight excluding hydrogens is 186 g/mol. The lowest BCUT2D eigenvalue weighted by Gasteiger charge is -2.03. The van der Waals surface area contributed by atoms with Gasteiger partial charge in [-0.05, 0) is 6.92 Å². The lowest BCUT2D eigenvalue weighted by molar-refractivity contribution is 0.241. The summed E-state index contributed by atoms with van der Waals surface area (Å²) in [5.74, 6) is 0. The van der Waals surface area contributed by atoms with Crippen molar-refractivity contribution in [3.05, 3.63) is 16.6 Å². The van der Waals surface area contributed by atoms with E-state index in [2.05, 4.69) is 15.6 Å². The van der Waals surface area contributed by atoms with Crippen molar-refractivity contribution in [3.63, 3.8) is 0 Å². The van der Waals surface area contributed by atoms with Gasteiger partial charge in [0.05, 0.1) is 11.2 Å². The summed E-state index contributed by atoms with van der Waals surface area (Å²) in [6.45, 7) is 3.18. The number of hydrogen-bond donors (Lipinski definition) is 2. The molecule has 0 aromatic carbocycles. The average molecular weight is 199 g/mol. The van der Waals surface area contributed by atoms with Crippen LogP contribution in [-0.4, -0.2) is 24.1 Å². The fourth-order valence-corrected chi connectivity index (χ4v) is 1.48. The van der Waals surface area contributed by atoms with Crippen LogP contribution in [0.3, 0.4) is 0 Å². The maximum absolute atomic E-state index is 10.9. The van der Waals surface area contributed by atoms with Crippen LogP contribution in [0.2, 0.25) is 0 Å². The van der Waals surface area contributed by atoms with E-state index < -0.39 is 0 Å². The molecule has 1 aromatic rings. The molecule has 1 heterocycles. The summed E-state index contributed by atoms with van der Waals surface area (Å²) in [4.78, 5) is 15.0. The molecule has 0 spiro atoms. The number of nitrogens with one attached hydrogen (secondary N) is 2. The van der Waals surface area contributed by atoms with Crippen molar-refractivity contribution in [1.82, 2.24) is 15.6 Å². The second kappa shape index (κ2) is 5.53. The molecule has 0 aliphatic carbocycles. The third-order valence-corrected chi connectivity index (χ3v) is 2.12. The quantitative estimate of drug-likeness (QED) is 0.760. The van der Waals surface area contributed by atoms with E-state index in [-0.39, 0.29) is 6.03 Å². The fraction of sp³-hybridized carbons (Fsp3) is 0.500. The fourth-order valence-electron chi connectivity index (χ4n) is 0.888. The number of urea groups is 1. The zero-order valence-electron chi connectivity index (χ0n) is 7.54. The summed E-state index contributed by atoms with van der Waals surface area (Å²) in [7, 11) is 0. The highest BCUT2D eigenvalue weighted by Gasteiger charge is 1.98. The van der Waals surface area contributed by atoms with E-state index in [0.29, 0.717) is 13.1 Å². The molecule has 1 aromatic heterocycles. The molecule has 0 saturated heterocycles. The van der Waals surface area contributed by atoms with Crippen molar-refractivity contribution in [2.75, 3.05) is 13.1 Å². The lowest BCUT2D eigenvalue weighted by Crippen LogP contribution is -2.36. The number of rotatable bonds is 4. The normalized spacial score (nSPS) is 9.62. The summed E-state index contributed by atoms with van der Waals surface area (Å²) >= 11 is 1.57. The number of aromatic nitrogens is 1. The van der Waals surface area contributed by atoms with Gasteiger partial charge >= 0.3 is 6.03 Å². The van der Waals surface area contributed by atoms with Gasteiger partial charge in [0.15, 0.2) is 0 Å². The molecule has 2 N–H and O–H groups in total. The van der Waals surface area contributed by atoms with Crippen molar-refractivity contribution in [2.45, 2.75) is 13.3 Å². The molecule has 5 heteroatoms. The predicted octanol–water partition coefficient (Wildman–Crippen LogP) is 1.00. The summed E-state index contributed by atoms with van der Waals surface area (Å²) in [5.41, 5.74) is 2.82. The lowest BCUT2D eigenvalue weighted by atomic mass is 10.3. The molecule has 0 bridgehead atoms. The van der Waals surface area contributed by atoms with Crippen LogP contribution in [0, 0.1) is 0 Å². The topological polar surface area (TPSA) is 54.0 Å². The van der Waals surface area contributed by atoms with Gasteiger partial charge in [0, 0.05) is 24.9 Å². The van der Waals surface area contributed by atoms with Crippen molar-refractivity contribution in [2.24, 2.45) is 0 Å². The number of thiazole rings is 1. The van der Waals surface area contributed by atoms with E-state index in [4.69, 9.17) is 0 Å². The first kappa shape index (κ1) is 9.98. The minimum Gasteiger partial charge on any atom is -0.338 e. The van der Waals surface area contributed by atoms with E-state index in [1.54, 1.807) is 16.8 Å². The van der Waals surface area contributed by atoms with Gasteiger partial charge in [-0.15, -0.1) is 11.3 Å². The Kier molecular flexibility index (Phi) is 4.25. The van der Waals surface area contributed by atoms with Crippen molar-refractivity contribution < 1.29 is 4.79 Å². The molecule has 72 valence electrons. The summed E-state index contributed by atoms with van der Waals surface area (Å²) < 4.78 is 0.